The summed E-state index contributed by atoms with van der Waals surface area (Å²) in [6, 6.07) is 8.08. The summed E-state index contributed by atoms with van der Waals surface area (Å²) in [5.41, 5.74) is 7.80. The third-order valence-electron chi connectivity index (χ3n) is 3.70. The predicted molar refractivity (Wildman–Crippen MR) is 72.8 cm³/mol. The molecule has 0 spiro atoms. The second kappa shape index (κ2) is 6.55. The van der Waals surface area contributed by atoms with Crippen molar-refractivity contribution in [2.75, 3.05) is 0 Å². The van der Waals surface area contributed by atoms with Gasteiger partial charge in [-0.15, -0.1) is 0 Å². The van der Waals surface area contributed by atoms with Gasteiger partial charge in [0.25, 0.3) is 0 Å². The van der Waals surface area contributed by atoms with Crippen LogP contribution in [0.3, 0.4) is 0 Å². The highest BCUT2D eigenvalue weighted by Crippen LogP contribution is 2.27. The van der Waals surface area contributed by atoms with Gasteiger partial charge in [-0.25, -0.2) is 0 Å². The molecule has 1 saturated carbocycles. The molecule has 18 heavy (non-hydrogen) atoms. The lowest BCUT2D eigenvalue weighted by Gasteiger charge is -2.09. The van der Waals surface area contributed by atoms with E-state index in [1.807, 2.05) is 24.3 Å². The molecule has 0 bridgehead atoms. The molecule has 1 fully saturated rings. The van der Waals surface area contributed by atoms with Crippen LogP contribution < -0.4 is 11.1 Å². The van der Waals surface area contributed by atoms with Crippen LogP contribution in [0.15, 0.2) is 24.3 Å². The summed E-state index contributed by atoms with van der Waals surface area (Å²) >= 11 is 0. The van der Waals surface area contributed by atoms with Gasteiger partial charge in [-0.2, -0.15) is 0 Å². The lowest BCUT2D eigenvalue weighted by molar-refractivity contribution is -0.122. The fourth-order valence-corrected chi connectivity index (χ4v) is 2.54. The fourth-order valence-electron chi connectivity index (χ4n) is 2.54. The second-order valence-corrected chi connectivity index (χ2v) is 5.15. The van der Waals surface area contributed by atoms with Crippen molar-refractivity contribution in [1.29, 1.82) is 0 Å². The second-order valence-electron chi connectivity index (χ2n) is 5.15. The van der Waals surface area contributed by atoms with Gasteiger partial charge in [0.15, 0.2) is 0 Å². The van der Waals surface area contributed by atoms with E-state index in [9.17, 15) is 4.79 Å². The summed E-state index contributed by atoms with van der Waals surface area (Å²) in [4.78, 5) is 11.8. The van der Waals surface area contributed by atoms with Crippen molar-refractivity contribution in [2.24, 2.45) is 11.7 Å². The summed E-state index contributed by atoms with van der Waals surface area (Å²) in [6.07, 6.45) is 5.72. The van der Waals surface area contributed by atoms with E-state index in [0.717, 1.165) is 11.1 Å². The van der Waals surface area contributed by atoms with Crippen LogP contribution in [0.25, 0.3) is 0 Å². The monoisotopic (exact) mass is 246 g/mol. The first-order valence-corrected chi connectivity index (χ1v) is 6.82. The van der Waals surface area contributed by atoms with Gasteiger partial charge in [0, 0.05) is 19.5 Å². The highest BCUT2D eigenvalue weighted by Gasteiger charge is 2.17. The number of nitrogens with two attached hydrogens (primary N) is 1. The van der Waals surface area contributed by atoms with E-state index in [1.165, 1.54) is 25.7 Å². The number of hydrogen-bond donors (Lipinski definition) is 2. The first-order chi connectivity index (χ1) is 8.78. The number of amides is 1. The van der Waals surface area contributed by atoms with Gasteiger partial charge < -0.3 is 11.1 Å². The van der Waals surface area contributed by atoms with Crippen LogP contribution in [0, 0.1) is 5.92 Å². The van der Waals surface area contributed by atoms with E-state index in [4.69, 9.17) is 5.73 Å². The highest BCUT2D eigenvalue weighted by molar-refractivity contribution is 5.76. The molecule has 0 aromatic heterocycles. The normalized spacial score (nSPS) is 15.8. The molecule has 0 atom stereocenters. The van der Waals surface area contributed by atoms with E-state index in [1.54, 1.807) is 0 Å². The van der Waals surface area contributed by atoms with Crippen molar-refractivity contribution in [2.45, 2.75) is 45.2 Å². The first-order valence-electron chi connectivity index (χ1n) is 6.82. The molecule has 0 radical (unpaired) electrons. The lowest BCUT2D eigenvalue weighted by atomic mass is 10.0. The molecular weight excluding hydrogens is 224 g/mol. The Morgan fingerprint density at radius 1 is 1.17 bits per heavy atom. The molecule has 1 amide bonds. The molecule has 3 N–H and O–H groups in total. The maximum atomic E-state index is 11.8. The Hall–Kier alpha value is -1.35. The van der Waals surface area contributed by atoms with Crippen LogP contribution in [-0.2, 0) is 17.9 Å². The topological polar surface area (TPSA) is 55.1 Å². The zero-order valence-corrected chi connectivity index (χ0v) is 10.8. The van der Waals surface area contributed by atoms with E-state index in [-0.39, 0.29) is 5.91 Å². The van der Waals surface area contributed by atoms with Crippen LogP contribution in [0.2, 0.25) is 0 Å². The molecule has 3 heteroatoms. The number of benzene rings is 1. The van der Waals surface area contributed by atoms with Gasteiger partial charge in [0.2, 0.25) is 5.91 Å². The standard InChI is InChI=1S/C15H22N2O/c16-10-13-5-7-14(8-6-13)11-17-15(18)9-12-3-1-2-4-12/h5-8,12H,1-4,9-11,16H2,(H,17,18). The molecule has 0 unspecified atom stereocenters. The Morgan fingerprint density at radius 2 is 1.78 bits per heavy atom. The Kier molecular flexibility index (Phi) is 4.76. The van der Waals surface area contributed by atoms with Crippen molar-refractivity contribution in [3.63, 3.8) is 0 Å². The van der Waals surface area contributed by atoms with Crippen LogP contribution in [-0.4, -0.2) is 5.91 Å². The van der Waals surface area contributed by atoms with E-state index < -0.39 is 0 Å². The van der Waals surface area contributed by atoms with E-state index in [2.05, 4.69) is 5.32 Å². The van der Waals surface area contributed by atoms with E-state index >= 15 is 0 Å². The molecule has 0 aliphatic heterocycles. The first kappa shape index (κ1) is 13.1. The highest BCUT2D eigenvalue weighted by atomic mass is 16.1. The minimum absolute atomic E-state index is 0.185. The lowest BCUT2D eigenvalue weighted by Crippen LogP contribution is -2.24. The largest absolute Gasteiger partial charge is 0.352 e. The number of rotatable bonds is 5. The zero-order valence-electron chi connectivity index (χ0n) is 10.8. The van der Waals surface area contributed by atoms with Gasteiger partial charge in [0.05, 0.1) is 0 Å². The van der Waals surface area contributed by atoms with Gasteiger partial charge in [-0.3, -0.25) is 4.79 Å². The molecule has 2 rings (SSSR count). The van der Waals surface area contributed by atoms with Crippen molar-refractivity contribution < 1.29 is 4.79 Å². The molecular formula is C15H22N2O. The van der Waals surface area contributed by atoms with Crippen molar-refractivity contribution >= 4 is 5.91 Å². The Morgan fingerprint density at radius 3 is 2.39 bits per heavy atom. The molecule has 1 aromatic rings. The SMILES string of the molecule is NCc1ccc(CNC(=O)CC2CCCC2)cc1. The molecule has 1 aliphatic rings. The molecule has 0 heterocycles. The van der Waals surface area contributed by atoms with Gasteiger partial charge >= 0.3 is 0 Å². The van der Waals surface area contributed by atoms with Gasteiger partial charge in [-0.1, -0.05) is 37.1 Å². The molecule has 98 valence electrons. The maximum Gasteiger partial charge on any atom is 0.220 e. The van der Waals surface area contributed by atoms with Gasteiger partial charge in [-0.05, 0) is 29.9 Å². The van der Waals surface area contributed by atoms with Crippen LogP contribution in [0.4, 0.5) is 0 Å². The average molecular weight is 246 g/mol. The van der Waals surface area contributed by atoms with Crippen LogP contribution >= 0.6 is 0 Å². The Labute approximate surface area is 109 Å². The number of hydrogen-bond acceptors (Lipinski definition) is 2. The molecule has 1 aliphatic carbocycles. The predicted octanol–water partition coefficient (Wildman–Crippen LogP) is 2.34. The Bertz CT molecular complexity index is 380. The third-order valence-corrected chi connectivity index (χ3v) is 3.70. The summed E-state index contributed by atoms with van der Waals surface area (Å²) in [6.45, 7) is 1.19. The van der Waals surface area contributed by atoms with Gasteiger partial charge in [0.1, 0.15) is 0 Å². The van der Waals surface area contributed by atoms with Crippen molar-refractivity contribution in [3.05, 3.63) is 35.4 Å². The fraction of sp³-hybridized carbons (Fsp3) is 0.533. The summed E-state index contributed by atoms with van der Waals surface area (Å²) < 4.78 is 0. The number of carbonyl (C=O) groups excluding carboxylic acids is 1. The molecule has 3 nitrogen and oxygen atoms in total. The smallest absolute Gasteiger partial charge is 0.220 e. The summed E-state index contributed by atoms with van der Waals surface area (Å²) in [7, 11) is 0. The van der Waals surface area contributed by atoms with Crippen molar-refractivity contribution in [1.82, 2.24) is 5.32 Å². The zero-order chi connectivity index (χ0) is 12.8. The maximum absolute atomic E-state index is 11.8. The van der Waals surface area contributed by atoms with Crippen LogP contribution in [0.1, 0.15) is 43.2 Å². The quantitative estimate of drug-likeness (QED) is 0.838. The van der Waals surface area contributed by atoms with Crippen molar-refractivity contribution in [3.8, 4) is 0 Å². The van der Waals surface area contributed by atoms with E-state index in [0.29, 0.717) is 25.4 Å². The number of carbonyl (C=O) groups is 1. The minimum Gasteiger partial charge on any atom is -0.352 e. The van der Waals surface area contributed by atoms with Crippen LogP contribution in [0.5, 0.6) is 0 Å². The Balaban J connectivity index is 1.74. The average Bonchev–Trinajstić information content (AvgIpc) is 2.90. The third kappa shape index (κ3) is 3.84. The molecule has 0 saturated heterocycles. The minimum atomic E-state index is 0.185. The number of nitrogens with one attached hydrogen (secondary N) is 1. The summed E-state index contributed by atoms with van der Waals surface area (Å²) in [5, 5.41) is 2.99. The summed E-state index contributed by atoms with van der Waals surface area (Å²) in [5.74, 6) is 0.800. The molecule has 1 aromatic carbocycles.